The number of methoxy groups -OCH3 is 3. The molecule has 0 fully saturated rings. The molecule has 1 heterocycles. The Balaban J connectivity index is 2.14. The molecule has 0 spiro atoms. The van der Waals surface area contributed by atoms with E-state index >= 15 is 0 Å². The number of nitrogens with one attached hydrogen (secondary N) is 1. The summed E-state index contributed by atoms with van der Waals surface area (Å²) in [6.45, 7) is 1.81. The van der Waals surface area contributed by atoms with Crippen LogP contribution in [0.1, 0.15) is 31.2 Å². The SMILES string of the molecule is COC(=O)[C@@H]1C(=O)C2=C(C[C@H]1C)NC(=O)C[C@@H]2c1cccc(OC)c1OC. The molecule has 7 heteroatoms. The predicted octanol–water partition coefficient (Wildman–Crippen LogP) is 1.96. The molecule has 1 N–H and O–H groups in total. The van der Waals surface area contributed by atoms with E-state index in [1.54, 1.807) is 12.1 Å². The lowest BCUT2D eigenvalue weighted by Gasteiger charge is -2.36. The summed E-state index contributed by atoms with van der Waals surface area (Å²) >= 11 is 0. The molecule has 1 aromatic carbocycles. The summed E-state index contributed by atoms with van der Waals surface area (Å²) in [7, 11) is 4.32. The first-order valence-corrected chi connectivity index (χ1v) is 8.78. The molecular formula is C20H23NO6. The van der Waals surface area contributed by atoms with Crippen LogP contribution in [0.4, 0.5) is 0 Å². The van der Waals surface area contributed by atoms with Crippen molar-refractivity contribution in [2.75, 3.05) is 21.3 Å². The molecule has 0 unspecified atom stereocenters. The number of benzene rings is 1. The van der Waals surface area contributed by atoms with Crippen LogP contribution in [0, 0.1) is 11.8 Å². The minimum Gasteiger partial charge on any atom is -0.493 e. The summed E-state index contributed by atoms with van der Waals surface area (Å²) < 4.78 is 15.7. The summed E-state index contributed by atoms with van der Waals surface area (Å²) in [5.41, 5.74) is 1.72. The Morgan fingerprint density at radius 3 is 2.48 bits per heavy atom. The van der Waals surface area contributed by atoms with Gasteiger partial charge in [-0.1, -0.05) is 19.1 Å². The van der Waals surface area contributed by atoms with E-state index in [4.69, 9.17) is 14.2 Å². The Labute approximate surface area is 157 Å². The molecule has 0 aromatic heterocycles. The summed E-state index contributed by atoms with van der Waals surface area (Å²) in [4.78, 5) is 37.7. The Kier molecular flexibility index (Phi) is 5.21. The number of esters is 1. The largest absolute Gasteiger partial charge is 0.493 e. The van der Waals surface area contributed by atoms with Crippen molar-refractivity contribution in [3.63, 3.8) is 0 Å². The van der Waals surface area contributed by atoms with Crippen molar-refractivity contribution in [2.45, 2.75) is 25.7 Å². The number of carbonyl (C=O) groups excluding carboxylic acids is 3. The second-order valence-corrected chi connectivity index (χ2v) is 6.83. The number of amides is 1. The van der Waals surface area contributed by atoms with Gasteiger partial charge in [0.25, 0.3) is 0 Å². The van der Waals surface area contributed by atoms with Gasteiger partial charge in [0.05, 0.1) is 21.3 Å². The smallest absolute Gasteiger partial charge is 0.316 e. The highest BCUT2D eigenvalue weighted by Crippen LogP contribution is 2.46. The molecule has 1 aliphatic carbocycles. The first kappa shape index (κ1) is 18.9. The number of allylic oxidation sites excluding steroid dienone is 2. The monoisotopic (exact) mass is 373 g/mol. The molecule has 0 saturated heterocycles. The fraction of sp³-hybridized carbons (Fsp3) is 0.450. The van der Waals surface area contributed by atoms with Crippen molar-refractivity contribution >= 4 is 17.7 Å². The van der Waals surface area contributed by atoms with Gasteiger partial charge in [-0.3, -0.25) is 14.4 Å². The van der Waals surface area contributed by atoms with Crippen molar-refractivity contribution in [3.8, 4) is 11.5 Å². The second-order valence-electron chi connectivity index (χ2n) is 6.83. The lowest BCUT2D eigenvalue weighted by Crippen LogP contribution is -2.44. The fourth-order valence-corrected chi connectivity index (χ4v) is 4.05. The highest BCUT2D eigenvalue weighted by Gasteiger charge is 2.46. The summed E-state index contributed by atoms with van der Waals surface area (Å²) in [6, 6.07) is 5.35. The maximum atomic E-state index is 13.2. The average Bonchev–Trinajstić information content (AvgIpc) is 2.65. The number of rotatable bonds is 4. The van der Waals surface area contributed by atoms with Gasteiger partial charge < -0.3 is 19.5 Å². The van der Waals surface area contributed by atoms with Crippen molar-refractivity contribution in [2.24, 2.45) is 11.8 Å². The van der Waals surface area contributed by atoms with Gasteiger partial charge in [0.1, 0.15) is 5.92 Å². The molecule has 3 rings (SSSR count). The number of hydrogen-bond acceptors (Lipinski definition) is 6. The lowest BCUT2D eigenvalue weighted by atomic mass is 9.70. The molecule has 0 bridgehead atoms. The molecule has 7 nitrogen and oxygen atoms in total. The van der Waals surface area contributed by atoms with Crippen molar-refractivity contribution in [1.82, 2.24) is 5.32 Å². The van der Waals surface area contributed by atoms with Crippen LogP contribution in [-0.4, -0.2) is 39.0 Å². The zero-order valence-electron chi connectivity index (χ0n) is 15.8. The lowest BCUT2D eigenvalue weighted by molar-refractivity contribution is -0.151. The Morgan fingerprint density at radius 1 is 1.11 bits per heavy atom. The third-order valence-corrected chi connectivity index (χ3v) is 5.26. The van der Waals surface area contributed by atoms with Crippen LogP contribution in [0.5, 0.6) is 11.5 Å². The van der Waals surface area contributed by atoms with E-state index in [1.165, 1.54) is 21.3 Å². The van der Waals surface area contributed by atoms with Crippen molar-refractivity contribution < 1.29 is 28.6 Å². The maximum absolute atomic E-state index is 13.2. The van der Waals surface area contributed by atoms with Crippen LogP contribution in [0.3, 0.4) is 0 Å². The van der Waals surface area contributed by atoms with Gasteiger partial charge in [0.15, 0.2) is 17.3 Å². The number of ether oxygens (including phenoxy) is 3. The second kappa shape index (κ2) is 7.42. The summed E-state index contributed by atoms with van der Waals surface area (Å²) in [5.74, 6) is -1.65. The number of carbonyl (C=O) groups is 3. The zero-order chi connectivity index (χ0) is 19.7. The van der Waals surface area contributed by atoms with Gasteiger partial charge in [0.2, 0.25) is 5.91 Å². The number of para-hydroxylation sites is 1. The molecule has 144 valence electrons. The van der Waals surface area contributed by atoms with E-state index in [1.807, 2.05) is 13.0 Å². The van der Waals surface area contributed by atoms with E-state index in [9.17, 15) is 14.4 Å². The van der Waals surface area contributed by atoms with E-state index < -0.39 is 17.8 Å². The average molecular weight is 373 g/mol. The van der Waals surface area contributed by atoms with E-state index in [2.05, 4.69) is 5.32 Å². The molecule has 0 saturated carbocycles. The minimum atomic E-state index is -0.872. The first-order chi connectivity index (χ1) is 12.9. The first-order valence-electron chi connectivity index (χ1n) is 8.78. The van der Waals surface area contributed by atoms with Gasteiger partial charge in [0, 0.05) is 29.2 Å². The van der Waals surface area contributed by atoms with Crippen LogP contribution in [0.25, 0.3) is 0 Å². The van der Waals surface area contributed by atoms with E-state index in [-0.39, 0.29) is 24.0 Å². The Morgan fingerprint density at radius 2 is 1.85 bits per heavy atom. The molecule has 1 amide bonds. The Bertz CT molecular complexity index is 828. The standard InChI is InChI=1S/C20H23NO6/c1-10-8-13-17(18(23)16(10)20(24)27-4)12(9-15(22)21-13)11-6-5-7-14(25-2)19(11)26-3/h5-7,10,12,16H,8-9H2,1-4H3,(H,21,22)/t10-,12-,16+/m1/s1. The number of Topliss-reactive ketones (excluding diaryl/α,β-unsaturated/α-hetero) is 1. The molecule has 2 aliphatic rings. The molecule has 1 aromatic rings. The molecule has 27 heavy (non-hydrogen) atoms. The third-order valence-electron chi connectivity index (χ3n) is 5.26. The van der Waals surface area contributed by atoms with Crippen LogP contribution in [0.15, 0.2) is 29.5 Å². The summed E-state index contributed by atoms with van der Waals surface area (Å²) in [5, 5.41) is 2.82. The molecule has 0 radical (unpaired) electrons. The van der Waals surface area contributed by atoms with Crippen LogP contribution >= 0.6 is 0 Å². The quantitative estimate of drug-likeness (QED) is 0.641. The van der Waals surface area contributed by atoms with Crippen molar-refractivity contribution in [1.29, 1.82) is 0 Å². The maximum Gasteiger partial charge on any atom is 0.316 e. The fourth-order valence-electron chi connectivity index (χ4n) is 4.05. The van der Waals surface area contributed by atoms with Crippen LogP contribution < -0.4 is 14.8 Å². The van der Waals surface area contributed by atoms with E-state index in [0.29, 0.717) is 34.8 Å². The molecule has 1 aliphatic heterocycles. The summed E-state index contributed by atoms with van der Waals surface area (Å²) in [6.07, 6.45) is 0.520. The third kappa shape index (κ3) is 3.18. The van der Waals surface area contributed by atoms with Gasteiger partial charge in [-0.2, -0.15) is 0 Å². The number of ketones is 1. The van der Waals surface area contributed by atoms with Gasteiger partial charge in [-0.15, -0.1) is 0 Å². The zero-order valence-corrected chi connectivity index (χ0v) is 15.8. The number of hydrogen-bond donors (Lipinski definition) is 1. The topological polar surface area (TPSA) is 90.9 Å². The minimum absolute atomic E-state index is 0.0936. The highest BCUT2D eigenvalue weighted by molar-refractivity contribution is 6.11. The highest BCUT2D eigenvalue weighted by atomic mass is 16.5. The molecule has 3 atom stereocenters. The van der Waals surface area contributed by atoms with Crippen LogP contribution in [0.2, 0.25) is 0 Å². The van der Waals surface area contributed by atoms with Crippen LogP contribution in [-0.2, 0) is 19.1 Å². The van der Waals surface area contributed by atoms with Gasteiger partial charge in [-0.25, -0.2) is 0 Å². The van der Waals surface area contributed by atoms with Gasteiger partial charge >= 0.3 is 5.97 Å². The van der Waals surface area contributed by atoms with Crippen molar-refractivity contribution in [3.05, 3.63) is 35.0 Å². The normalized spacial score (nSPS) is 24.8. The molecular weight excluding hydrogens is 350 g/mol. The Hall–Kier alpha value is -2.83. The predicted molar refractivity (Wildman–Crippen MR) is 96.4 cm³/mol. The van der Waals surface area contributed by atoms with Gasteiger partial charge in [-0.05, 0) is 18.4 Å². The van der Waals surface area contributed by atoms with E-state index in [0.717, 1.165) is 0 Å².